The first kappa shape index (κ1) is 10.1. The molecular weight excluding hydrogens is 188 g/mol. The van der Waals surface area contributed by atoms with Crippen LogP contribution in [0.4, 0.5) is 0 Å². The monoisotopic (exact) mass is 205 g/mol. The summed E-state index contributed by atoms with van der Waals surface area (Å²) in [6.07, 6.45) is 3.08. The van der Waals surface area contributed by atoms with Gasteiger partial charge in [0.25, 0.3) is 0 Å². The Hall–Kier alpha value is -1.48. The fraction of sp³-hybridized carbons (Fsp3) is 0.333. The molecule has 0 amide bonds. The van der Waals surface area contributed by atoms with Crippen molar-refractivity contribution in [3.8, 4) is 5.75 Å². The highest BCUT2D eigenvalue weighted by Gasteiger charge is 2.07. The predicted molar refractivity (Wildman–Crippen MR) is 61.0 cm³/mol. The lowest BCUT2D eigenvalue weighted by molar-refractivity contribution is -0.366. The van der Waals surface area contributed by atoms with Crippen molar-refractivity contribution in [3.05, 3.63) is 29.5 Å². The Morgan fingerprint density at radius 3 is 2.87 bits per heavy atom. The first-order valence-electron chi connectivity index (χ1n) is 5.20. The number of hydrogen-bond donors (Lipinski definition) is 2. The molecule has 3 nitrogen and oxygen atoms in total. The fourth-order valence-corrected chi connectivity index (χ4v) is 1.95. The minimum Gasteiger partial charge on any atom is -0.497 e. The lowest BCUT2D eigenvalue weighted by Crippen LogP contribution is -2.51. The number of rotatable bonds is 3. The topological polar surface area (TPSA) is 52.7 Å². The zero-order valence-electron chi connectivity index (χ0n) is 9.26. The van der Waals surface area contributed by atoms with Gasteiger partial charge in [-0.1, -0.05) is 0 Å². The summed E-state index contributed by atoms with van der Waals surface area (Å²) in [5, 5.41) is 1.26. The van der Waals surface area contributed by atoms with E-state index in [1.54, 1.807) is 7.11 Å². The molecule has 1 heterocycles. The van der Waals surface area contributed by atoms with E-state index in [9.17, 15) is 0 Å². The summed E-state index contributed by atoms with van der Waals surface area (Å²) in [7, 11) is 1.70. The van der Waals surface area contributed by atoms with Gasteiger partial charge in [0.15, 0.2) is 0 Å². The summed E-state index contributed by atoms with van der Waals surface area (Å²) in [6, 6.07) is 4.14. The molecule has 0 radical (unpaired) electrons. The normalized spacial score (nSPS) is 10.9. The largest absolute Gasteiger partial charge is 0.497 e. The maximum Gasteiger partial charge on any atom is 0.119 e. The van der Waals surface area contributed by atoms with E-state index in [1.165, 1.54) is 22.0 Å². The number of nitrogens with one attached hydrogen (secondary N) is 1. The molecule has 0 spiro atoms. The van der Waals surface area contributed by atoms with Gasteiger partial charge in [0.2, 0.25) is 0 Å². The van der Waals surface area contributed by atoms with Crippen LogP contribution in [0, 0.1) is 6.92 Å². The van der Waals surface area contributed by atoms with Crippen molar-refractivity contribution >= 4 is 10.9 Å². The molecule has 2 rings (SSSR count). The van der Waals surface area contributed by atoms with E-state index in [-0.39, 0.29) is 0 Å². The van der Waals surface area contributed by atoms with Crippen LogP contribution in [-0.4, -0.2) is 18.6 Å². The maximum atomic E-state index is 5.28. The fourth-order valence-electron chi connectivity index (χ4n) is 1.95. The molecule has 0 bridgehead atoms. The predicted octanol–water partition coefficient (Wildman–Crippen LogP) is 1.27. The summed E-state index contributed by atoms with van der Waals surface area (Å²) in [4.78, 5) is 3.31. The van der Waals surface area contributed by atoms with Gasteiger partial charge in [0.05, 0.1) is 13.7 Å². The minimum absolute atomic E-state index is 0.920. The first-order chi connectivity index (χ1) is 7.26. The van der Waals surface area contributed by atoms with Crippen molar-refractivity contribution in [1.82, 2.24) is 4.98 Å². The second kappa shape index (κ2) is 3.95. The van der Waals surface area contributed by atoms with Crippen LogP contribution in [0.5, 0.6) is 5.75 Å². The summed E-state index contributed by atoms with van der Waals surface area (Å²) in [5.41, 5.74) is 7.64. The van der Waals surface area contributed by atoms with Crippen molar-refractivity contribution in [3.63, 3.8) is 0 Å². The second-order valence-electron chi connectivity index (χ2n) is 3.78. The van der Waals surface area contributed by atoms with Gasteiger partial charge in [-0.3, -0.25) is 0 Å². The van der Waals surface area contributed by atoms with Crippen LogP contribution in [-0.2, 0) is 6.42 Å². The Morgan fingerprint density at radius 1 is 1.40 bits per heavy atom. The molecule has 2 aromatic rings. The number of benzene rings is 1. The first-order valence-corrected chi connectivity index (χ1v) is 5.20. The standard InChI is InChI=1S/C12H16N2O/c1-8-5-10(15-2)6-11-9(3-4-13)7-14-12(8)11/h5-7,14H,3-4,13H2,1-2H3/p+1. The lowest BCUT2D eigenvalue weighted by atomic mass is 10.1. The third kappa shape index (κ3) is 1.70. The van der Waals surface area contributed by atoms with Crippen LogP contribution in [0.3, 0.4) is 0 Å². The molecule has 0 aliphatic heterocycles. The number of aromatic amines is 1. The molecular formula is C12H17N2O+. The average Bonchev–Trinajstić information content (AvgIpc) is 2.63. The molecule has 0 saturated heterocycles. The summed E-state index contributed by atoms with van der Waals surface area (Å²) in [6.45, 7) is 3.01. The average molecular weight is 205 g/mol. The van der Waals surface area contributed by atoms with Crippen LogP contribution >= 0.6 is 0 Å². The van der Waals surface area contributed by atoms with Gasteiger partial charge in [0, 0.05) is 23.5 Å². The number of methoxy groups -OCH3 is 1. The Balaban J connectivity index is 2.61. The number of H-pyrrole nitrogens is 1. The molecule has 3 heteroatoms. The molecule has 15 heavy (non-hydrogen) atoms. The maximum absolute atomic E-state index is 5.28. The quantitative estimate of drug-likeness (QED) is 0.779. The zero-order chi connectivity index (χ0) is 10.8. The summed E-state index contributed by atoms with van der Waals surface area (Å²) < 4.78 is 5.28. The Bertz CT molecular complexity index is 474. The van der Waals surface area contributed by atoms with Crippen LogP contribution in [0.1, 0.15) is 11.1 Å². The highest BCUT2D eigenvalue weighted by molar-refractivity contribution is 5.87. The minimum atomic E-state index is 0.920. The van der Waals surface area contributed by atoms with Crippen molar-refractivity contribution in [2.45, 2.75) is 13.3 Å². The van der Waals surface area contributed by atoms with Crippen LogP contribution < -0.4 is 10.5 Å². The van der Waals surface area contributed by atoms with E-state index >= 15 is 0 Å². The van der Waals surface area contributed by atoms with Crippen molar-refractivity contribution < 1.29 is 10.5 Å². The number of ether oxygens (including phenoxy) is 1. The van der Waals surface area contributed by atoms with Gasteiger partial charge in [-0.25, -0.2) is 0 Å². The van der Waals surface area contributed by atoms with Gasteiger partial charge in [-0.15, -0.1) is 0 Å². The van der Waals surface area contributed by atoms with E-state index in [4.69, 9.17) is 4.74 Å². The molecule has 1 aromatic heterocycles. The van der Waals surface area contributed by atoms with Gasteiger partial charge >= 0.3 is 0 Å². The van der Waals surface area contributed by atoms with E-state index in [0.717, 1.165) is 18.7 Å². The highest BCUT2D eigenvalue weighted by atomic mass is 16.5. The van der Waals surface area contributed by atoms with Gasteiger partial charge in [-0.05, 0) is 30.2 Å². The number of quaternary nitrogens is 1. The number of fused-ring (bicyclic) bond motifs is 1. The second-order valence-corrected chi connectivity index (χ2v) is 3.78. The molecule has 80 valence electrons. The Morgan fingerprint density at radius 2 is 2.20 bits per heavy atom. The SMILES string of the molecule is COc1cc(C)c2[nH]cc(CC[NH3+])c2c1. The number of aromatic nitrogens is 1. The molecule has 0 aliphatic carbocycles. The number of hydrogen-bond acceptors (Lipinski definition) is 1. The lowest BCUT2D eigenvalue weighted by Gasteiger charge is -2.03. The van der Waals surface area contributed by atoms with Crippen molar-refractivity contribution in [1.29, 1.82) is 0 Å². The molecule has 0 atom stereocenters. The van der Waals surface area contributed by atoms with Crippen LogP contribution in [0.25, 0.3) is 10.9 Å². The van der Waals surface area contributed by atoms with Crippen LogP contribution in [0.2, 0.25) is 0 Å². The zero-order valence-corrected chi connectivity index (χ0v) is 9.26. The molecule has 0 unspecified atom stereocenters. The summed E-state index contributed by atoms with van der Waals surface area (Å²) in [5.74, 6) is 0.921. The van der Waals surface area contributed by atoms with Crippen LogP contribution in [0.15, 0.2) is 18.3 Å². The Kier molecular flexibility index (Phi) is 2.64. The van der Waals surface area contributed by atoms with E-state index in [2.05, 4.69) is 29.9 Å². The molecule has 0 fully saturated rings. The summed E-state index contributed by atoms with van der Waals surface area (Å²) >= 11 is 0. The van der Waals surface area contributed by atoms with Crippen molar-refractivity contribution in [2.24, 2.45) is 0 Å². The molecule has 4 N–H and O–H groups in total. The molecule has 0 saturated carbocycles. The third-order valence-corrected chi connectivity index (χ3v) is 2.73. The number of aryl methyl sites for hydroxylation is 1. The van der Waals surface area contributed by atoms with Gasteiger partial charge in [0.1, 0.15) is 5.75 Å². The smallest absolute Gasteiger partial charge is 0.119 e. The van der Waals surface area contributed by atoms with E-state index in [1.807, 2.05) is 6.07 Å². The molecule has 0 aliphatic rings. The van der Waals surface area contributed by atoms with Crippen molar-refractivity contribution in [2.75, 3.05) is 13.7 Å². The van der Waals surface area contributed by atoms with E-state index < -0.39 is 0 Å². The Labute approximate surface area is 89.2 Å². The third-order valence-electron chi connectivity index (χ3n) is 2.73. The van der Waals surface area contributed by atoms with Gasteiger partial charge < -0.3 is 15.5 Å². The van der Waals surface area contributed by atoms with Gasteiger partial charge in [-0.2, -0.15) is 0 Å². The van der Waals surface area contributed by atoms with E-state index in [0.29, 0.717) is 0 Å². The highest BCUT2D eigenvalue weighted by Crippen LogP contribution is 2.27. The molecule has 1 aromatic carbocycles.